The summed E-state index contributed by atoms with van der Waals surface area (Å²) in [7, 11) is 0. The van der Waals surface area contributed by atoms with Gasteiger partial charge in [0, 0.05) is 24.5 Å². The number of rotatable bonds is 4. The monoisotopic (exact) mass is 352 g/mol. The SMILES string of the molecule is CCNC(=O)Nc1nc(-c2cc(C)cc(C)c2)c(-c2ccncc2)s1. The number of carbonyl (C=O) groups excluding carboxylic acids is 1. The summed E-state index contributed by atoms with van der Waals surface area (Å²) in [5.41, 5.74) is 5.31. The molecule has 2 amide bonds. The lowest BCUT2D eigenvalue weighted by Crippen LogP contribution is -2.28. The van der Waals surface area contributed by atoms with Crippen LogP contribution in [0.3, 0.4) is 0 Å². The number of pyridine rings is 1. The van der Waals surface area contributed by atoms with Crippen LogP contribution in [0.2, 0.25) is 0 Å². The maximum absolute atomic E-state index is 11.8. The number of hydrogen-bond acceptors (Lipinski definition) is 4. The first-order valence-electron chi connectivity index (χ1n) is 8.11. The van der Waals surface area contributed by atoms with Crippen LogP contribution in [0.25, 0.3) is 21.7 Å². The van der Waals surface area contributed by atoms with Crippen molar-refractivity contribution in [2.24, 2.45) is 0 Å². The fourth-order valence-electron chi connectivity index (χ4n) is 2.68. The Morgan fingerprint density at radius 3 is 2.40 bits per heavy atom. The first-order chi connectivity index (χ1) is 12.1. The standard InChI is InChI=1S/C19H20N4OS/c1-4-21-18(24)23-19-22-16(15-10-12(2)9-13(3)11-15)17(25-19)14-5-7-20-8-6-14/h5-11H,4H2,1-3H3,(H2,21,22,23,24). The molecule has 3 aromatic rings. The molecule has 2 N–H and O–H groups in total. The Hall–Kier alpha value is -2.73. The zero-order valence-electron chi connectivity index (χ0n) is 14.5. The van der Waals surface area contributed by atoms with Crippen molar-refractivity contribution in [1.82, 2.24) is 15.3 Å². The van der Waals surface area contributed by atoms with Crippen molar-refractivity contribution in [3.05, 3.63) is 53.9 Å². The van der Waals surface area contributed by atoms with Crippen molar-refractivity contribution in [3.8, 4) is 21.7 Å². The lowest BCUT2D eigenvalue weighted by molar-refractivity contribution is 0.252. The molecule has 0 fully saturated rings. The Morgan fingerprint density at radius 2 is 1.76 bits per heavy atom. The van der Waals surface area contributed by atoms with E-state index in [1.54, 1.807) is 12.4 Å². The van der Waals surface area contributed by atoms with Crippen LogP contribution in [0, 0.1) is 13.8 Å². The number of nitrogens with zero attached hydrogens (tertiary/aromatic N) is 2. The summed E-state index contributed by atoms with van der Waals surface area (Å²) in [6, 6.07) is 10.0. The molecule has 5 nitrogen and oxygen atoms in total. The van der Waals surface area contributed by atoms with Crippen molar-refractivity contribution >= 4 is 22.5 Å². The second-order valence-corrected chi connectivity index (χ2v) is 6.79. The van der Waals surface area contributed by atoms with E-state index in [0.29, 0.717) is 11.7 Å². The van der Waals surface area contributed by atoms with Gasteiger partial charge in [-0.1, -0.05) is 28.5 Å². The van der Waals surface area contributed by atoms with Crippen LogP contribution in [0.4, 0.5) is 9.93 Å². The minimum atomic E-state index is -0.246. The van der Waals surface area contributed by atoms with Crippen LogP contribution in [0.5, 0.6) is 0 Å². The van der Waals surface area contributed by atoms with E-state index in [9.17, 15) is 4.79 Å². The average Bonchev–Trinajstić information content (AvgIpc) is 2.99. The molecule has 0 bridgehead atoms. The van der Waals surface area contributed by atoms with Crippen molar-refractivity contribution < 1.29 is 4.79 Å². The largest absolute Gasteiger partial charge is 0.338 e. The number of hydrogen-bond donors (Lipinski definition) is 2. The van der Waals surface area contributed by atoms with Gasteiger partial charge in [-0.2, -0.15) is 0 Å². The van der Waals surface area contributed by atoms with Crippen molar-refractivity contribution in [2.45, 2.75) is 20.8 Å². The Bertz CT molecular complexity index is 869. The van der Waals surface area contributed by atoms with Crippen LogP contribution in [0.1, 0.15) is 18.1 Å². The molecule has 6 heteroatoms. The molecule has 0 atom stereocenters. The van der Waals surface area contributed by atoms with Crippen molar-refractivity contribution in [1.29, 1.82) is 0 Å². The molecule has 0 aliphatic rings. The summed E-state index contributed by atoms with van der Waals surface area (Å²) in [4.78, 5) is 21.6. The van der Waals surface area contributed by atoms with Crippen LogP contribution in [-0.2, 0) is 0 Å². The van der Waals surface area contributed by atoms with Crippen LogP contribution >= 0.6 is 11.3 Å². The van der Waals surface area contributed by atoms with Crippen LogP contribution < -0.4 is 10.6 Å². The summed E-state index contributed by atoms with van der Waals surface area (Å²) in [5, 5.41) is 6.12. The molecule has 0 spiro atoms. The number of urea groups is 1. The van der Waals surface area contributed by atoms with Gasteiger partial charge < -0.3 is 5.32 Å². The third kappa shape index (κ3) is 4.03. The van der Waals surface area contributed by atoms with Crippen molar-refractivity contribution in [2.75, 3.05) is 11.9 Å². The smallest absolute Gasteiger partial charge is 0.321 e. The van der Waals surface area contributed by atoms with Crippen LogP contribution in [-0.4, -0.2) is 22.5 Å². The number of nitrogens with one attached hydrogen (secondary N) is 2. The van der Waals surface area contributed by atoms with Gasteiger partial charge in [0.05, 0.1) is 10.6 Å². The molecule has 0 radical (unpaired) electrons. The summed E-state index contributed by atoms with van der Waals surface area (Å²) < 4.78 is 0. The predicted octanol–water partition coefficient (Wildman–Crippen LogP) is 4.63. The molecule has 0 aliphatic carbocycles. The number of amides is 2. The number of aryl methyl sites for hydroxylation is 2. The van der Waals surface area contributed by atoms with Gasteiger partial charge in [0.25, 0.3) is 0 Å². The summed E-state index contributed by atoms with van der Waals surface area (Å²) in [5.74, 6) is 0. The average molecular weight is 352 g/mol. The lowest BCUT2D eigenvalue weighted by atomic mass is 10.0. The predicted molar refractivity (Wildman–Crippen MR) is 103 cm³/mol. The summed E-state index contributed by atoms with van der Waals surface area (Å²) >= 11 is 1.46. The quantitative estimate of drug-likeness (QED) is 0.719. The van der Waals surface area contributed by atoms with E-state index in [1.165, 1.54) is 22.5 Å². The van der Waals surface area contributed by atoms with Gasteiger partial charge in [0.1, 0.15) is 0 Å². The van der Waals surface area contributed by atoms with Gasteiger partial charge in [0.2, 0.25) is 0 Å². The number of carbonyl (C=O) groups is 1. The maximum Gasteiger partial charge on any atom is 0.321 e. The zero-order chi connectivity index (χ0) is 17.8. The van der Waals surface area contributed by atoms with E-state index in [4.69, 9.17) is 0 Å². The normalized spacial score (nSPS) is 10.5. The highest BCUT2D eigenvalue weighted by Gasteiger charge is 2.16. The second-order valence-electron chi connectivity index (χ2n) is 5.79. The molecule has 2 aromatic heterocycles. The molecule has 3 rings (SSSR count). The van der Waals surface area contributed by atoms with E-state index in [2.05, 4.69) is 52.6 Å². The Kier molecular flexibility index (Phi) is 5.09. The van der Waals surface area contributed by atoms with Gasteiger partial charge in [-0.3, -0.25) is 10.3 Å². The van der Waals surface area contributed by atoms with Gasteiger partial charge >= 0.3 is 6.03 Å². The first-order valence-corrected chi connectivity index (χ1v) is 8.93. The number of aromatic nitrogens is 2. The minimum Gasteiger partial charge on any atom is -0.338 e. The van der Waals surface area contributed by atoms with Gasteiger partial charge in [-0.15, -0.1) is 0 Å². The number of anilines is 1. The van der Waals surface area contributed by atoms with E-state index < -0.39 is 0 Å². The van der Waals surface area contributed by atoms with E-state index in [-0.39, 0.29) is 6.03 Å². The minimum absolute atomic E-state index is 0.246. The maximum atomic E-state index is 11.8. The van der Waals surface area contributed by atoms with E-state index >= 15 is 0 Å². The fraction of sp³-hybridized carbons (Fsp3) is 0.211. The first kappa shape index (κ1) is 17.1. The third-order valence-electron chi connectivity index (χ3n) is 3.62. The third-order valence-corrected chi connectivity index (χ3v) is 4.64. The highest BCUT2D eigenvalue weighted by Crippen LogP contribution is 2.39. The van der Waals surface area contributed by atoms with Gasteiger partial charge in [0.15, 0.2) is 5.13 Å². The Morgan fingerprint density at radius 1 is 1.08 bits per heavy atom. The molecule has 0 saturated heterocycles. The molecule has 25 heavy (non-hydrogen) atoms. The Labute approximate surface area is 151 Å². The molecule has 0 unspecified atom stereocenters. The lowest BCUT2D eigenvalue weighted by Gasteiger charge is -2.05. The van der Waals surface area contributed by atoms with E-state index in [0.717, 1.165) is 21.7 Å². The number of benzene rings is 1. The van der Waals surface area contributed by atoms with Gasteiger partial charge in [-0.25, -0.2) is 9.78 Å². The molecule has 0 saturated carbocycles. The highest BCUT2D eigenvalue weighted by atomic mass is 32.1. The fourth-order valence-corrected chi connectivity index (χ4v) is 3.67. The second kappa shape index (κ2) is 7.44. The molecule has 1 aromatic carbocycles. The summed E-state index contributed by atoms with van der Waals surface area (Å²) in [6.07, 6.45) is 3.52. The summed E-state index contributed by atoms with van der Waals surface area (Å²) in [6.45, 7) is 6.59. The molecular weight excluding hydrogens is 332 g/mol. The molecular formula is C19H20N4OS. The highest BCUT2D eigenvalue weighted by molar-refractivity contribution is 7.19. The Balaban J connectivity index is 2.08. The zero-order valence-corrected chi connectivity index (χ0v) is 15.3. The molecule has 0 aliphatic heterocycles. The molecule has 2 heterocycles. The van der Waals surface area contributed by atoms with Gasteiger partial charge in [-0.05, 0) is 50.6 Å². The molecule has 128 valence electrons. The van der Waals surface area contributed by atoms with Crippen LogP contribution in [0.15, 0.2) is 42.7 Å². The topological polar surface area (TPSA) is 66.9 Å². The van der Waals surface area contributed by atoms with Crippen molar-refractivity contribution in [3.63, 3.8) is 0 Å². The number of thiazole rings is 1. The van der Waals surface area contributed by atoms with E-state index in [1.807, 2.05) is 19.1 Å².